The van der Waals surface area contributed by atoms with Gasteiger partial charge in [0, 0.05) is 65.3 Å². The number of hydrogen-bond donors (Lipinski definition) is 1. The zero-order valence-electron chi connectivity index (χ0n) is 25.7. The minimum Gasteiger partial charge on any atom is -0.376 e. The molecule has 1 aliphatic rings. The summed E-state index contributed by atoms with van der Waals surface area (Å²) >= 11 is 1.65. The molecule has 1 heterocycles. The molecule has 0 saturated carbocycles. The van der Waals surface area contributed by atoms with Crippen LogP contribution in [0, 0.1) is 11.3 Å². The highest BCUT2D eigenvalue weighted by atomic mass is 32.1. The highest BCUT2D eigenvalue weighted by Gasteiger charge is 2.25. The van der Waals surface area contributed by atoms with Crippen molar-refractivity contribution in [3.63, 3.8) is 0 Å². The third kappa shape index (κ3) is 6.15. The minimum absolute atomic E-state index is 0.682. The number of nitrogens with one attached hydrogen (secondary N) is 1. The second-order valence-electron chi connectivity index (χ2n) is 10.8. The van der Waals surface area contributed by atoms with Gasteiger partial charge in [0.1, 0.15) is 18.1 Å². The summed E-state index contributed by atoms with van der Waals surface area (Å²) in [7, 11) is 4.18. The fourth-order valence-electron chi connectivity index (χ4n) is 5.61. The quantitative estimate of drug-likeness (QED) is 0.180. The number of anilines is 3. The van der Waals surface area contributed by atoms with Gasteiger partial charge in [-0.3, -0.25) is 0 Å². The van der Waals surface area contributed by atoms with Crippen molar-refractivity contribution in [2.45, 2.75) is 6.92 Å². The maximum atomic E-state index is 10.4. The van der Waals surface area contributed by atoms with Crippen LogP contribution in [0.25, 0.3) is 16.7 Å². The number of rotatable bonds is 8. The van der Waals surface area contributed by atoms with E-state index in [-0.39, 0.29) is 0 Å². The molecule has 0 aliphatic heterocycles. The van der Waals surface area contributed by atoms with Crippen LogP contribution in [0.15, 0.2) is 145 Å². The molecule has 0 radical (unpaired) electrons. The zero-order valence-corrected chi connectivity index (χ0v) is 26.6. The van der Waals surface area contributed by atoms with Crippen molar-refractivity contribution in [3.05, 3.63) is 161 Å². The van der Waals surface area contributed by atoms with Crippen LogP contribution < -0.4 is 10.2 Å². The fourth-order valence-corrected chi connectivity index (χ4v) is 6.94. The molecule has 45 heavy (non-hydrogen) atoms. The Morgan fingerprint density at radius 3 is 1.96 bits per heavy atom. The Balaban J connectivity index is 1.53. The average molecular weight is 604 g/mol. The monoisotopic (exact) mass is 603 g/mol. The fraction of sp³-hybridized carbons (Fsp3) is 0.100. The van der Waals surface area contributed by atoms with Gasteiger partial charge in [0.15, 0.2) is 0 Å². The Morgan fingerprint density at radius 1 is 0.778 bits per heavy atom. The number of nitriles is 1. The summed E-state index contributed by atoms with van der Waals surface area (Å²) in [6.45, 7) is 2.80. The van der Waals surface area contributed by atoms with Gasteiger partial charge >= 0.3 is 0 Å². The molecule has 1 N–H and O–H groups in total. The Labute approximate surface area is 269 Å². The second-order valence-corrected chi connectivity index (χ2v) is 11.8. The predicted octanol–water partition coefficient (Wildman–Crippen LogP) is 9.83. The van der Waals surface area contributed by atoms with Crippen LogP contribution >= 0.6 is 11.3 Å². The molecular weight excluding hydrogens is 569 g/mol. The van der Waals surface area contributed by atoms with E-state index >= 15 is 0 Å². The van der Waals surface area contributed by atoms with E-state index in [4.69, 9.17) is 0 Å². The van der Waals surface area contributed by atoms with E-state index < -0.39 is 0 Å². The van der Waals surface area contributed by atoms with E-state index in [1.807, 2.05) is 30.3 Å². The molecule has 0 spiro atoms. The van der Waals surface area contributed by atoms with Gasteiger partial charge in [-0.05, 0) is 60.0 Å². The number of nitrogens with zero attached hydrogens (tertiary/aromatic N) is 3. The molecule has 0 amide bonds. The van der Waals surface area contributed by atoms with Crippen molar-refractivity contribution in [2.75, 3.05) is 30.9 Å². The largest absolute Gasteiger partial charge is 0.376 e. The molecule has 220 valence electrons. The molecule has 4 aromatic carbocycles. The molecule has 5 heteroatoms. The van der Waals surface area contributed by atoms with Crippen LogP contribution in [0.5, 0.6) is 0 Å². The van der Waals surface area contributed by atoms with Gasteiger partial charge in [0.25, 0.3) is 0 Å². The molecular formula is C40H35N4S+. The van der Waals surface area contributed by atoms with E-state index in [2.05, 4.69) is 151 Å². The first kappa shape index (κ1) is 29.6. The summed E-state index contributed by atoms with van der Waals surface area (Å²) < 4.78 is 2.19. The molecule has 0 unspecified atom stereocenters. The topological polar surface area (TPSA) is 42.1 Å². The van der Waals surface area contributed by atoms with Gasteiger partial charge in [-0.15, -0.1) is 11.3 Å². The maximum absolute atomic E-state index is 10.4. The van der Waals surface area contributed by atoms with Crippen LogP contribution in [0.3, 0.4) is 0 Å². The lowest BCUT2D eigenvalue weighted by Crippen LogP contribution is -2.10. The lowest BCUT2D eigenvalue weighted by atomic mass is 9.90. The maximum Gasteiger partial charge on any atom is 0.205 e. The third-order valence-electron chi connectivity index (χ3n) is 8.02. The van der Waals surface area contributed by atoms with Crippen molar-refractivity contribution in [1.29, 1.82) is 5.26 Å². The normalized spacial score (nSPS) is 12.1. The summed E-state index contributed by atoms with van der Waals surface area (Å²) in [5.74, 6) is 0. The smallest absolute Gasteiger partial charge is 0.205 e. The average Bonchev–Trinajstić information content (AvgIpc) is 3.47. The van der Waals surface area contributed by atoms with E-state index in [1.165, 1.54) is 0 Å². The van der Waals surface area contributed by atoms with E-state index in [9.17, 15) is 5.26 Å². The summed E-state index contributed by atoms with van der Waals surface area (Å²) in [5, 5.41) is 14.8. The van der Waals surface area contributed by atoms with Crippen LogP contribution in [0.2, 0.25) is 0 Å². The molecule has 1 aliphatic carbocycles. The van der Waals surface area contributed by atoms with Crippen molar-refractivity contribution in [2.24, 2.45) is 0 Å². The summed E-state index contributed by atoms with van der Waals surface area (Å²) in [6.07, 6.45) is 8.74. The molecule has 0 bridgehead atoms. The van der Waals surface area contributed by atoms with Crippen molar-refractivity contribution in [1.82, 2.24) is 0 Å². The van der Waals surface area contributed by atoms with Gasteiger partial charge in [0.05, 0.1) is 5.56 Å². The van der Waals surface area contributed by atoms with Gasteiger partial charge in [-0.1, -0.05) is 78.9 Å². The SMILES string of the molecule is CCNc1sc(C(=C2C=CC(=[N+](C)c3ccccc3)C=C2)c2ccc(N(C)c3ccccc3)cc2)c(-c2ccccc2)c1C#N. The van der Waals surface area contributed by atoms with Gasteiger partial charge < -0.3 is 10.2 Å². The number of allylic oxidation sites excluding steroid dienone is 5. The Kier molecular flexibility index (Phi) is 8.86. The summed E-state index contributed by atoms with van der Waals surface area (Å²) in [6, 6.07) is 42.3. The molecule has 0 atom stereocenters. The standard InChI is InChI=1S/C40H34N4S/c1-4-42-40-36(28-41)38(29-14-8-5-9-15-29)39(45-40)37(30-20-24-34(25-21-30)43(2)32-16-10-6-11-17-32)31-22-26-35(27-23-31)44(3)33-18-12-7-13-19-33/h5-27H,4H2,1-3H3/p+1. The van der Waals surface area contributed by atoms with Crippen LogP contribution in [-0.2, 0) is 0 Å². The highest BCUT2D eigenvalue weighted by Crippen LogP contribution is 2.47. The molecule has 1 aromatic heterocycles. The molecule has 4 nitrogen and oxygen atoms in total. The minimum atomic E-state index is 0.682. The van der Waals surface area contributed by atoms with Crippen LogP contribution in [0.4, 0.5) is 22.1 Å². The number of benzene rings is 4. The Hall–Kier alpha value is -5.44. The van der Waals surface area contributed by atoms with Crippen molar-refractivity contribution < 1.29 is 4.58 Å². The third-order valence-corrected chi connectivity index (χ3v) is 9.19. The van der Waals surface area contributed by atoms with E-state index in [0.717, 1.165) is 67.0 Å². The Bertz CT molecular complexity index is 1940. The first-order valence-electron chi connectivity index (χ1n) is 15.1. The molecule has 6 rings (SSSR count). The predicted molar refractivity (Wildman–Crippen MR) is 191 cm³/mol. The highest BCUT2D eigenvalue weighted by molar-refractivity contribution is 7.18. The first-order valence-corrected chi connectivity index (χ1v) is 15.9. The summed E-state index contributed by atoms with van der Waals surface area (Å²) in [5.41, 5.74) is 10.4. The van der Waals surface area contributed by atoms with E-state index in [1.54, 1.807) is 11.3 Å². The molecule has 0 saturated heterocycles. The second kappa shape index (κ2) is 13.5. The molecule has 0 fully saturated rings. The first-order chi connectivity index (χ1) is 22.1. The van der Waals surface area contributed by atoms with Crippen LogP contribution in [-0.4, -0.2) is 30.9 Å². The van der Waals surface area contributed by atoms with E-state index in [0.29, 0.717) is 5.56 Å². The van der Waals surface area contributed by atoms with Crippen molar-refractivity contribution >= 4 is 44.7 Å². The summed E-state index contributed by atoms with van der Waals surface area (Å²) in [4.78, 5) is 3.26. The van der Waals surface area contributed by atoms with Gasteiger partial charge in [-0.2, -0.15) is 9.84 Å². The van der Waals surface area contributed by atoms with Gasteiger partial charge in [-0.25, -0.2) is 0 Å². The Morgan fingerprint density at radius 2 is 1.36 bits per heavy atom. The van der Waals surface area contributed by atoms with Gasteiger partial charge in [0.2, 0.25) is 11.4 Å². The van der Waals surface area contributed by atoms with Crippen molar-refractivity contribution in [3.8, 4) is 17.2 Å². The zero-order chi connectivity index (χ0) is 31.2. The molecule has 5 aromatic rings. The lowest BCUT2D eigenvalue weighted by molar-refractivity contribution is -0.403. The number of para-hydroxylation sites is 2. The number of hydrogen-bond acceptors (Lipinski definition) is 4. The number of thiophene rings is 1. The van der Waals surface area contributed by atoms with Crippen LogP contribution in [0.1, 0.15) is 22.9 Å². The lowest BCUT2D eigenvalue weighted by Gasteiger charge is -2.20.